The van der Waals surface area contributed by atoms with Crippen LogP contribution in [0.2, 0.25) is 0 Å². The van der Waals surface area contributed by atoms with E-state index in [2.05, 4.69) is 15.1 Å². The molecule has 0 aliphatic carbocycles. The molecule has 0 N–H and O–H groups in total. The van der Waals surface area contributed by atoms with Gasteiger partial charge in [-0.1, -0.05) is 6.07 Å². The van der Waals surface area contributed by atoms with Crippen LogP contribution >= 0.6 is 0 Å². The molecule has 3 heterocycles. The molecule has 6 heteroatoms. The van der Waals surface area contributed by atoms with Gasteiger partial charge in [0, 0.05) is 31.9 Å². The number of aryl methyl sites for hydroxylation is 3. The van der Waals surface area contributed by atoms with E-state index in [4.69, 9.17) is 0 Å². The summed E-state index contributed by atoms with van der Waals surface area (Å²) in [6.07, 6.45) is 5.74. The molecule has 19 heavy (non-hydrogen) atoms. The van der Waals surface area contributed by atoms with Gasteiger partial charge in [0.05, 0.1) is 12.5 Å². The van der Waals surface area contributed by atoms with Gasteiger partial charge in [-0.2, -0.15) is 5.10 Å². The Balaban J connectivity index is 1.89. The maximum Gasteiger partial charge on any atom is 0.281 e. The molecular formula is C13H13N5O. The second-order valence-corrected chi connectivity index (χ2v) is 4.35. The second kappa shape index (κ2) is 4.64. The minimum absolute atomic E-state index is 0.110. The molecule has 0 aliphatic heterocycles. The summed E-state index contributed by atoms with van der Waals surface area (Å²) in [7, 11) is 1.78. The Bertz CT molecular complexity index is 760. The molecule has 0 amide bonds. The molecular weight excluding hydrogens is 242 g/mol. The average Bonchev–Trinajstić information content (AvgIpc) is 2.81. The first-order chi connectivity index (χ1) is 9.24. The average molecular weight is 255 g/mol. The number of hydrogen-bond acceptors (Lipinski definition) is 4. The SMILES string of the molecule is Cn1cc2ncn(CCc3ccccn3)c(=O)c2n1. The van der Waals surface area contributed by atoms with Crippen LogP contribution in [0.15, 0.2) is 41.7 Å². The molecule has 0 saturated carbocycles. The first-order valence-electron chi connectivity index (χ1n) is 6.03. The van der Waals surface area contributed by atoms with E-state index in [1.807, 2.05) is 18.2 Å². The maximum atomic E-state index is 12.2. The van der Waals surface area contributed by atoms with Gasteiger partial charge in [-0.05, 0) is 12.1 Å². The van der Waals surface area contributed by atoms with E-state index in [-0.39, 0.29) is 5.56 Å². The Kier molecular flexibility index (Phi) is 2.83. The predicted octanol–water partition coefficient (Wildman–Crippen LogP) is 0.768. The zero-order chi connectivity index (χ0) is 13.2. The third-order valence-electron chi connectivity index (χ3n) is 2.94. The zero-order valence-corrected chi connectivity index (χ0v) is 10.5. The molecule has 0 radical (unpaired) electrons. The predicted molar refractivity (Wildman–Crippen MR) is 70.7 cm³/mol. The van der Waals surface area contributed by atoms with E-state index < -0.39 is 0 Å². The quantitative estimate of drug-likeness (QED) is 0.693. The Morgan fingerprint density at radius 2 is 2.16 bits per heavy atom. The minimum Gasteiger partial charge on any atom is -0.297 e. The number of pyridine rings is 1. The van der Waals surface area contributed by atoms with Gasteiger partial charge in [0.25, 0.3) is 5.56 Å². The monoisotopic (exact) mass is 255 g/mol. The van der Waals surface area contributed by atoms with Crippen LogP contribution in [0.1, 0.15) is 5.69 Å². The molecule has 0 saturated heterocycles. The Morgan fingerprint density at radius 3 is 2.95 bits per heavy atom. The van der Waals surface area contributed by atoms with Crippen molar-refractivity contribution in [2.45, 2.75) is 13.0 Å². The molecule has 6 nitrogen and oxygen atoms in total. The van der Waals surface area contributed by atoms with Crippen molar-refractivity contribution >= 4 is 11.0 Å². The van der Waals surface area contributed by atoms with Crippen LogP contribution in [0.4, 0.5) is 0 Å². The highest BCUT2D eigenvalue weighted by atomic mass is 16.1. The summed E-state index contributed by atoms with van der Waals surface area (Å²) in [5, 5.41) is 4.13. The summed E-state index contributed by atoms with van der Waals surface area (Å²) in [5.41, 5.74) is 1.88. The number of rotatable bonds is 3. The molecule has 3 rings (SSSR count). The van der Waals surface area contributed by atoms with Gasteiger partial charge in [0.1, 0.15) is 5.52 Å². The highest BCUT2D eigenvalue weighted by Crippen LogP contribution is 2.03. The van der Waals surface area contributed by atoms with Crippen LogP contribution < -0.4 is 5.56 Å². The molecule has 0 spiro atoms. The van der Waals surface area contributed by atoms with E-state index in [0.29, 0.717) is 24.0 Å². The maximum absolute atomic E-state index is 12.2. The highest BCUT2D eigenvalue weighted by molar-refractivity contribution is 5.71. The van der Waals surface area contributed by atoms with E-state index in [9.17, 15) is 4.79 Å². The summed E-state index contributed by atoms with van der Waals surface area (Å²) < 4.78 is 3.17. The summed E-state index contributed by atoms with van der Waals surface area (Å²) in [6, 6.07) is 5.75. The molecule has 0 fully saturated rings. The molecule has 3 aromatic rings. The van der Waals surface area contributed by atoms with Crippen molar-refractivity contribution in [1.29, 1.82) is 0 Å². The van der Waals surface area contributed by atoms with Crippen LogP contribution in [-0.4, -0.2) is 24.3 Å². The van der Waals surface area contributed by atoms with Gasteiger partial charge >= 0.3 is 0 Å². The van der Waals surface area contributed by atoms with Crippen molar-refractivity contribution in [1.82, 2.24) is 24.3 Å². The minimum atomic E-state index is -0.110. The lowest BCUT2D eigenvalue weighted by Gasteiger charge is -2.03. The van der Waals surface area contributed by atoms with Crippen LogP contribution in [0.25, 0.3) is 11.0 Å². The van der Waals surface area contributed by atoms with Crippen molar-refractivity contribution < 1.29 is 0 Å². The van der Waals surface area contributed by atoms with Crippen molar-refractivity contribution in [2.24, 2.45) is 7.05 Å². The van der Waals surface area contributed by atoms with Crippen molar-refractivity contribution in [3.05, 3.63) is 53.0 Å². The highest BCUT2D eigenvalue weighted by Gasteiger charge is 2.07. The van der Waals surface area contributed by atoms with E-state index in [1.54, 1.807) is 35.0 Å². The van der Waals surface area contributed by atoms with Gasteiger partial charge in [0.2, 0.25) is 0 Å². The Morgan fingerprint density at radius 1 is 1.26 bits per heavy atom. The van der Waals surface area contributed by atoms with Crippen LogP contribution in [0.5, 0.6) is 0 Å². The lowest BCUT2D eigenvalue weighted by Crippen LogP contribution is -2.21. The summed E-state index contributed by atoms with van der Waals surface area (Å²) in [6.45, 7) is 0.551. The van der Waals surface area contributed by atoms with Gasteiger partial charge in [-0.25, -0.2) is 4.98 Å². The first kappa shape index (κ1) is 11.6. The molecule has 3 aromatic heterocycles. The second-order valence-electron chi connectivity index (χ2n) is 4.35. The lowest BCUT2D eigenvalue weighted by molar-refractivity contribution is 0.652. The van der Waals surface area contributed by atoms with Crippen molar-refractivity contribution in [3.63, 3.8) is 0 Å². The van der Waals surface area contributed by atoms with Gasteiger partial charge in [-0.3, -0.25) is 19.0 Å². The fourth-order valence-electron chi connectivity index (χ4n) is 1.98. The number of aromatic nitrogens is 5. The molecule has 96 valence electrons. The van der Waals surface area contributed by atoms with Crippen LogP contribution in [0, 0.1) is 0 Å². The Hall–Kier alpha value is -2.50. The topological polar surface area (TPSA) is 65.6 Å². The fourth-order valence-corrected chi connectivity index (χ4v) is 1.98. The smallest absolute Gasteiger partial charge is 0.281 e. The third kappa shape index (κ3) is 2.24. The summed E-state index contributed by atoms with van der Waals surface area (Å²) in [5.74, 6) is 0. The van der Waals surface area contributed by atoms with Gasteiger partial charge < -0.3 is 0 Å². The van der Waals surface area contributed by atoms with Crippen molar-refractivity contribution in [2.75, 3.05) is 0 Å². The summed E-state index contributed by atoms with van der Waals surface area (Å²) in [4.78, 5) is 20.7. The molecule has 0 aliphatic rings. The van der Waals surface area contributed by atoms with E-state index in [0.717, 1.165) is 5.69 Å². The normalized spacial score (nSPS) is 11.0. The molecule has 0 unspecified atom stereocenters. The molecule has 0 aromatic carbocycles. The van der Waals surface area contributed by atoms with Gasteiger partial charge in [0.15, 0.2) is 5.52 Å². The first-order valence-corrected chi connectivity index (χ1v) is 6.03. The largest absolute Gasteiger partial charge is 0.297 e. The van der Waals surface area contributed by atoms with E-state index >= 15 is 0 Å². The third-order valence-corrected chi connectivity index (χ3v) is 2.94. The van der Waals surface area contributed by atoms with Crippen LogP contribution in [0.3, 0.4) is 0 Å². The fraction of sp³-hybridized carbons (Fsp3) is 0.231. The summed E-state index contributed by atoms with van der Waals surface area (Å²) >= 11 is 0. The number of hydrogen-bond donors (Lipinski definition) is 0. The van der Waals surface area contributed by atoms with Gasteiger partial charge in [-0.15, -0.1) is 0 Å². The number of fused-ring (bicyclic) bond motifs is 1. The number of nitrogens with zero attached hydrogens (tertiary/aromatic N) is 5. The molecule has 0 atom stereocenters. The van der Waals surface area contributed by atoms with Crippen LogP contribution in [-0.2, 0) is 20.0 Å². The lowest BCUT2D eigenvalue weighted by atomic mass is 10.3. The zero-order valence-electron chi connectivity index (χ0n) is 10.5. The van der Waals surface area contributed by atoms with E-state index in [1.165, 1.54) is 0 Å². The Labute approximate surface area is 109 Å². The van der Waals surface area contributed by atoms with Crippen molar-refractivity contribution in [3.8, 4) is 0 Å². The standard InChI is InChI=1S/C13H13N5O/c1-17-8-11-12(16-17)13(19)18(9-15-11)7-5-10-4-2-3-6-14-10/h2-4,6,8-9H,5,7H2,1H3. The molecule has 0 bridgehead atoms.